The number of hydrogen-bond acceptors (Lipinski definition) is 51. The molecule has 32 N–H and O–H groups in total. The second-order valence-electron chi connectivity index (χ2n) is 31.0. The number of ether oxygens (including phenoxy) is 19. The molecule has 0 unspecified atom stereocenters. The monoisotopic (exact) mass is 1800 g/mol. The quantitative estimate of drug-likeness (QED) is 0.0297. The lowest BCUT2D eigenvalue weighted by molar-refractivity contribution is -0.400. The van der Waals surface area contributed by atoms with Crippen molar-refractivity contribution in [3.63, 3.8) is 0 Å². The second-order valence-corrected chi connectivity index (χ2v) is 31.0. The van der Waals surface area contributed by atoms with Crippen LogP contribution in [0.15, 0.2) is 0 Å². The van der Waals surface area contributed by atoms with Crippen LogP contribution in [0, 0.1) is 0 Å². The third-order valence-electron chi connectivity index (χ3n) is 22.5. The van der Waals surface area contributed by atoms with Gasteiger partial charge in [0.25, 0.3) is 0 Å². The van der Waals surface area contributed by atoms with E-state index in [1.54, 1.807) is 0 Å². The molecule has 10 saturated heterocycles. The molecule has 10 rings (SSSR count). The zero-order valence-corrected chi connectivity index (χ0v) is 65.9. The zero-order valence-electron chi connectivity index (χ0n) is 65.9. The van der Waals surface area contributed by atoms with Crippen molar-refractivity contribution < 1.29 is 252 Å². The summed E-state index contributed by atoms with van der Waals surface area (Å²) in [5.74, 6) is -3.72. The minimum absolute atomic E-state index is 0.801. The van der Waals surface area contributed by atoms with E-state index >= 15 is 0 Å². The molecule has 0 spiro atoms. The Bertz CT molecular complexity index is 3310. The summed E-state index contributed by atoms with van der Waals surface area (Å²) in [4.78, 5) is 51.3. The van der Waals surface area contributed by atoms with E-state index in [9.17, 15) is 162 Å². The lowest BCUT2D eigenvalue weighted by Crippen LogP contribution is -2.71. The molecule has 0 radical (unpaired) electrons. The first-order valence-electron chi connectivity index (χ1n) is 39.1. The Hall–Kier alpha value is -4.00. The largest absolute Gasteiger partial charge is 0.394 e. The van der Waals surface area contributed by atoms with Crippen LogP contribution < -0.4 is 21.3 Å². The number of aliphatic hydroxyl groups excluding tert-OH is 28. The normalized spacial score (nSPS) is 49.4. The summed E-state index contributed by atoms with van der Waals surface area (Å²) >= 11 is 0. The molecule has 0 saturated carbocycles. The molecule has 0 aromatic rings. The van der Waals surface area contributed by atoms with Crippen molar-refractivity contribution in [2.24, 2.45) is 0 Å². The van der Waals surface area contributed by atoms with Gasteiger partial charge in [-0.15, -0.1) is 0 Å². The maximum atomic E-state index is 13.1. The Kier molecular flexibility index (Phi) is 36.4. The SMILES string of the molecule is CC(=O)N[C@@H]1[C@@H](O)[C@H](O[C@@H]2O[C@H](CO)[C@@H](O[C@@H]3O[C@H](CO[C@H]4O[C@H](CO)[C@@H](O)[C@H](O)[C@@H]4O[C@@H]4O[C@H](CO)[C@@H](O[C@@H]5O[C@H](CO)[C@H](O)[C@H](O)[C@H]5O)[C@H](O)[C@H]4NC(C)=O)[C@@H](O)[C@H](O[C@H]4O[C@H](CO)[C@@H](O)[C@H](O)[C@@H]4O[C@@H]4O[C@H](CO)[C@@H](O[C@@H]5O[C@H](CO)[C@H](O[C@@H]6O[C@H](CO)[C@H](O)[C@H](O)[C@@H]6O)[C@H](O)[C@H]5O)[C@H](O)[C@H]4NC(C)=O)[C@@H]3O)[C@H](O)[C@H]2NC(C)=O)[C@@H](CO)O[C@H]1O. The van der Waals surface area contributed by atoms with Crippen LogP contribution in [-0.2, 0) is 109 Å². The number of carbonyl (C=O) groups is 4. The van der Waals surface area contributed by atoms with E-state index < -0.39 is 397 Å². The number of hydrogen-bond donors (Lipinski definition) is 32. The average Bonchev–Trinajstić information content (AvgIpc) is 0.767. The molecular formula is C68H114N4O51. The smallest absolute Gasteiger partial charge is 0.217 e. The van der Waals surface area contributed by atoms with Gasteiger partial charge in [0.15, 0.2) is 62.9 Å². The van der Waals surface area contributed by atoms with Gasteiger partial charge in [0.2, 0.25) is 23.6 Å². The van der Waals surface area contributed by atoms with Gasteiger partial charge < -0.3 is 254 Å². The Morgan fingerprint density at radius 1 is 0.211 bits per heavy atom. The summed E-state index contributed by atoms with van der Waals surface area (Å²) in [6.45, 7) is -7.39. The fraction of sp³-hybridized carbons (Fsp3) is 0.941. The van der Waals surface area contributed by atoms with Crippen molar-refractivity contribution in [3.05, 3.63) is 0 Å². The predicted molar refractivity (Wildman–Crippen MR) is 376 cm³/mol. The maximum absolute atomic E-state index is 13.1. The molecule has 10 heterocycles. The van der Waals surface area contributed by atoms with Gasteiger partial charge in [0, 0.05) is 27.7 Å². The summed E-state index contributed by atoms with van der Waals surface area (Å²) in [5, 5.41) is 321. The third kappa shape index (κ3) is 22.3. The number of carbonyl (C=O) groups excluding carboxylic acids is 4. The van der Waals surface area contributed by atoms with Crippen LogP contribution >= 0.6 is 0 Å². The molecular weight excluding hydrogens is 1690 g/mol. The Balaban J connectivity index is 0.961. The molecule has 55 nitrogen and oxygen atoms in total. The first-order chi connectivity index (χ1) is 58.2. The van der Waals surface area contributed by atoms with Crippen LogP contribution in [0.3, 0.4) is 0 Å². The van der Waals surface area contributed by atoms with Gasteiger partial charge in [-0.2, -0.15) is 0 Å². The van der Waals surface area contributed by atoms with Gasteiger partial charge in [-0.1, -0.05) is 0 Å². The summed E-state index contributed by atoms with van der Waals surface area (Å²) < 4.78 is 112. The molecule has 50 atom stereocenters. The summed E-state index contributed by atoms with van der Waals surface area (Å²) in [7, 11) is 0. The van der Waals surface area contributed by atoms with Crippen LogP contribution in [-0.4, -0.2) is 539 Å². The maximum Gasteiger partial charge on any atom is 0.217 e. The topological polar surface area (TPSA) is 858 Å². The Labute approximate surface area is 695 Å². The van der Waals surface area contributed by atoms with Crippen molar-refractivity contribution in [2.75, 3.05) is 66.1 Å². The van der Waals surface area contributed by atoms with E-state index in [4.69, 9.17) is 90.0 Å². The fourth-order valence-corrected chi connectivity index (χ4v) is 15.9. The van der Waals surface area contributed by atoms with E-state index in [2.05, 4.69) is 21.3 Å². The summed E-state index contributed by atoms with van der Waals surface area (Å²) in [6, 6.07) is -7.59. The van der Waals surface area contributed by atoms with Gasteiger partial charge in [-0.05, 0) is 0 Å². The van der Waals surface area contributed by atoms with Crippen molar-refractivity contribution in [1.29, 1.82) is 0 Å². The molecule has 712 valence electrons. The lowest BCUT2D eigenvalue weighted by Gasteiger charge is -2.51. The number of aliphatic hydroxyl groups is 28. The van der Waals surface area contributed by atoms with E-state index in [1.807, 2.05) is 0 Å². The standard InChI is InChI=1S/C68H114N4O51/c1-15(82)69-29-38(91)51(23(9-77)106-59(29)104)116-60-30(70-16(2)83)39(92)54(26(12-80)111-60)119-66-50(103)56(37(90)28(115-66)14-105-67-57(44(97)35(88)21(7-75)109-67)122-61-31(71-17(3)84)40(93)52(24(10-78)112-61)117-63-47(100)42(95)33(86)19(5-73)107-63)121-68-58(45(98)36(89)22(8-76)110-68)123-62-32(72-18(4)85)41(94)53(25(11-79)113-62)118-65-49(102)46(99)55(27(13-81)114-65)120-64-48(101)43(96)34(87)20(6-74)108-64/h19-68,73-81,86-104H,5-14H2,1-4H3,(H,69,82)(H,70,83)(H,71,84)(H,72,85)/t19-,20-,21-,22-,23-,24-,25-,26-,27-,28-,29-,30-,31-,32-,33+,34+,35-,36-,37-,38-,39-,40-,41-,42+,43+,44+,45+,46-,47-,48+,49-,50+,51-,52-,53-,54-,55+,56+,57+,58+,59-,60+,61+,62+,63+,64+,65+,66+,67+,68-/m1/s1. The van der Waals surface area contributed by atoms with Gasteiger partial charge in [-0.25, -0.2) is 0 Å². The minimum Gasteiger partial charge on any atom is -0.394 e. The summed E-state index contributed by atoms with van der Waals surface area (Å²) in [5.41, 5.74) is 0. The highest BCUT2D eigenvalue weighted by Crippen LogP contribution is 2.41. The first-order valence-corrected chi connectivity index (χ1v) is 39.1. The van der Waals surface area contributed by atoms with Crippen LogP contribution in [0.2, 0.25) is 0 Å². The molecule has 10 aliphatic rings. The van der Waals surface area contributed by atoms with Crippen LogP contribution in [0.5, 0.6) is 0 Å². The Morgan fingerprint density at radius 3 is 0.789 bits per heavy atom. The number of nitrogens with one attached hydrogen (secondary N) is 4. The minimum atomic E-state index is -2.62. The van der Waals surface area contributed by atoms with Crippen LogP contribution in [0.1, 0.15) is 27.7 Å². The van der Waals surface area contributed by atoms with Crippen LogP contribution in [0.4, 0.5) is 0 Å². The third-order valence-corrected chi connectivity index (χ3v) is 22.5. The zero-order chi connectivity index (χ0) is 90.5. The summed E-state index contributed by atoms with van der Waals surface area (Å²) in [6.07, 6.45) is -96.8. The van der Waals surface area contributed by atoms with Crippen molar-refractivity contribution in [1.82, 2.24) is 21.3 Å². The molecule has 0 aromatic carbocycles. The van der Waals surface area contributed by atoms with Crippen molar-refractivity contribution >= 4 is 23.6 Å². The first kappa shape index (κ1) is 101. The lowest BCUT2D eigenvalue weighted by atomic mass is 9.93. The van der Waals surface area contributed by atoms with E-state index in [-0.39, 0.29) is 0 Å². The molecule has 123 heavy (non-hydrogen) atoms. The highest BCUT2D eigenvalue weighted by Gasteiger charge is 2.62. The Morgan fingerprint density at radius 2 is 0.439 bits per heavy atom. The van der Waals surface area contributed by atoms with E-state index in [1.165, 1.54) is 0 Å². The highest BCUT2D eigenvalue weighted by atomic mass is 16.8. The number of amides is 4. The molecule has 4 amide bonds. The molecule has 0 bridgehead atoms. The number of rotatable bonds is 32. The van der Waals surface area contributed by atoms with Crippen molar-refractivity contribution in [3.8, 4) is 0 Å². The predicted octanol–water partition coefficient (Wildman–Crippen LogP) is -22.2. The van der Waals surface area contributed by atoms with E-state index in [0.29, 0.717) is 0 Å². The van der Waals surface area contributed by atoms with Crippen molar-refractivity contribution in [2.45, 2.75) is 335 Å². The van der Waals surface area contributed by atoms with Gasteiger partial charge in [0.1, 0.15) is 244 Å². The molecule has 0 aromatic heterocycles. The molecule has 10 aliphatic heterocycles. The second kappa shape index (κ2) is 44.3. The molecule has 10 fully saturated rings. The van der Waals surface area contributed by atoms with Gasteiger partial charge in [-0.3, -0.25) is 19.2 Å². The average molecular weight is 1800 g/mol. The van der Waals surface area contributed by atoms with Crippen LogP contribution in [0.25, 0.3) is 0 Å². The van der Waals surface area contributed by atoms with Gasteiger partial charge in [0.05, 0.1) is 66.1 Å². The molecule has 0 aliphatic carbocycles. The fourth-order valence-electron chi connectivity index (χ4n) is 15.9. The molecule has 55 heteroatoms. The van der Waals surface area contributed by atoms with E-state index in [0.717, 1.165) is 27.7 Å². The highest BCUT2D eigenvalue weighted by molar-refractivity contribution is 5.74. The van der Waals surface area contributed by atoms with Gasteiger partial charge >= 0.3 is 0 Å².